The van der Waals surface area contributed by atoms with Crippen molar-refractivity contribution < 1.29 is 14.0 Å². The molecule has 0 aromatic rings. The number of carbonyl (C=O) groups is 1. The van der Waals surface area contributed by atoms with Gasteiger partial charge in [-0.2, -0.15) is 0 Å². The summed E-state index contributed by atoms with van der Waals surface area (Å²) < 4.78 is 12.2. The summed E-state index contributed by atoms with van der Waals surface area (Å²) in [5.41, 5.74) is -0.786. The van der Waals surface area contributed by atoms with Gasteiger partial charge in [0, 0.05) is 6.42 Å². The molecule has 0 fully saturated rings. The van der Waals surface area contributed by atoms with E-state index in [0.717, 1.165) is 25.0 Å². The summed E-state index contributed by atoms with van der Waals surface area (Å²) in [5, 5.41) is 0.153. The van der Waals surface area contributed by atoms with Crippen LogP contribution in [0.4, 0.5) is 0 Å². The fourth-order valence-corrected chi connectivity index (χ4v) is 5.06. The smallest absolute Gasteiger partial charge is 0.313 e. The van der Waals surface area contributed by atoms with Crippen LogP contribution in [0.15, 0.2) is 24.5 Å². The van der Waals surface area contributed by atoms with Crippen molar-refractivity contribution in [2.24, 2.45) is 16.7 Å². The third-order valence-corrected chi connectivity index (χ3v) is 11.0. The number of hydrogen-bond donors (Lipinski definition) is 0. The first-order valence-electron chi connectivity index (χ1n) is 9.93. The van der Waals surface area contributed by atoms with Crippen LogP contribution in [-0.4, -0.2) is 20.9 Å². The summed E-state index contributed by atoms with van der Waals surface area (Å²) in [6, 6.07) is 0. The Morgan fingerprint density at radius 2 is 1.96 bits per heavy atom. The van der Waals surface area contributed by atoms with E-state index in [0.29, 0.717) is 6.61 Å². The highest BCUT2D eigenvalue weighted by atomic mass is 28.4. The average Bonchev–Trinajstić information content (AvgIpc) is 2.44. The normalized spacial score (nSPS) is 26.0. The zero-order valence-electron chi connectivity index (χ0n) is 18.5. The molecule has 0 saturated carbocycles. The van der Waals surface area contributed by atoms with Crippen molar-refractivity contribution in [3.63, 3.8) is 0 Å². The summed E-state index contributed by atoms with van der Waals surface area (Å²) >= 11 is 0. The Morgan fingerprint density at radius 3 is 2.38 bits per heavy atom. The molecule has 1 rings (SSSR count). The van der Waals surface area contributed by atoms with Crippen LogP contribution in [-0.2, 0) is 14.0 Å². The minimum Gasteiger partial charge on any atom is -0.547 e. The van der Waals surface area contributed by atoms with E-state index in [4.69, 9.17) is 9.16 Å². The number of ether oxygens (including phenoxy) is 1. The highest BCUT2D eigenvalue weighted by Crippen LogP contribution is 2.57. The molecule has 150 valence electrons. The second kappa shape index (κ2) is 7.91. The molecule has 0 N–H and O–H groups in total. The first-order valence-corrected chi connectivity index (χ1v) is 12.8. The number of esters is 1. The van der Waals surface area contributed by atoms with Gasteiger partial charge in [0.15, 0.2) is 0 Å². The second-order valence-corrected chi connectivity index (χ2v) is 14.6. The molecule has 0 saturated heterocycles. The van der Waals surface area contributed by atoms with Crippen LogP contribution in [0.1, 0.15) is 67.7 Å². The zero-order chi connectivity index (χ0) is 20.4. The summed E-state index contributed by atoms with van der Waals surface area (Å²) in [4.78, 5) is 13.1. The largest absolute Gasteiger partial charge is 0.547 e. The highest BCUT2D eigenvalue weighted by Gasteiger charge is 2.57. The molecule has 0 bridgehead atoms. The SMILES string of the molecule is C=CCC[C@]1(C(=O)OCC)[C@@H](C)C=C(O[Si](C)(C)C(C)(C)C)CC1(C)C. The first-order chi connectivity index (χ1) is 11.7. The van der Waals surface area contributed by atoms with Crippen LogP contribution in [0, 0.1) is 16.7 Å². The maximum Gasteiger partial charge on any atom is 0.313 e. The summed E-state index contributed by atoms with van der Waals surface area (Å²) in [7, 11) is -1.90. The van der Waals surface area contributed by atoms with Crippen LogP contribution >= 0.6 is 0 Å². The third-order valence-electron chi connectivity index (χ3n) is 6.61. The van der Waals surface area contributed by atoms with Gasteiger partial charge in [-0.25, -0.2) is 0 Å². The predicted molar refractivity (Wildman–Crippen MR) is 112 cm³/mol. The van der Waals surface area contributed by atoms with Gasteiger partial charge < -0.3 is 9.16 Å². The minimum absolute atomic E-state index is 0.0602. The van der Waals surface area contributed by atoms with E-state index >= 15 is 0 Å². The Morgan fingerprint density at radius 1 is 1.38 bits per heavy atom. The van der Waals surface area contributed by atoms with Crippen LogP contribution in [0.3, 0.4) is 0 Å². The monoisotopic (exact) mass is 380 g/mol. The third kappa shape index (κ3) is 4.27. The van der Waals surface area contributed by atoms with E-state index in [1.54, 1.807) is 0 Å². The number of rotatable bonds is 7. The molecule has 1 aliphatic rings. The number of carbonyl (C=O) groups excluding carboxylic acids is 1. The molecule has 0 spiro atoms. The predicted octanol–water partition coefficient (Wildman–Crippen LogP) is 6.47. The minimum atomic E-state index is -1.90. The van der Waals surface area contributed by atoms with Crippen LogP contribution in [0.5, 0.6) is 0 Å². The Bertz CT molecular complexity index is 554. The van der Waals surface area contributed by atoms with Gasteiger partial charge in [0.1, 0.15) is 0 Å². The maximum atomic E-state index is 13.1. The van der Waals surface area contributed by atoms with Gasteiger partial charge in [0.05, 0.1) is 17.8 Å². The lowest BCUT2D eigenvalue weighted by atomic mass is 9.53. The summed E-state index contributed by atoms with van der Waals surface area (Å²) in [6.45, 7) is 24.0. The highest BCUT2D eigenvalue weighted by molar-refractivity contribution is 6.74. The molecule has 26 heavy (non-hydrogen) atoms. The lowest BCUT2D eigenvalue weighted by Gasteiger charge is -2.52. The Labute approximate surface area is 162 Å². The molecule has 0 heterocycles. The fraction of sp³-hybridized carbons (Fsp3) is 0.773. The topological polar surface area (TPSA) is 35.5 Å². The lowest BCUT2D eigenvalue weighted by Crippen LogP contribution is -2.53. The average molecular weight is 381 g/mol. The fourth-order valence-electron chi connectivity index (χ4n) is 3.96. The molecule has 0 amide bonds. The number of allylic oxidation sites excluding steroid dienone is 3. The van der Waals surface area contributed by atoms with E-state index < -0.39 is 13.7 Å². The zero-order valence-corrected chi connectivity index (χ0v) is 19.5. The standard InChI is InChI=1S/C22H40O3Si/c1-11-13-14-22(19(23)24-12-2)17(3)15-18(16-21(22,7)8)25-26(9,10)20(4,5)6/h11,15,17H,1,12-14,16H2,2-10H3/t17-,22+/m0/s1. The Balaban J connectivity index is 3.31. The van der Waals surface area contributed by atoms with Gasteiger partial charge in [0.25, 0.3) is 0 Å². The van der Waals surface area contributed by atoms with Gasteiger partial charge in [-0.15, -0.1) is 6.58 Å². The molecule has 0 unspecified atom stereocenters. The molecule has 1 aliphatic carbocycles. The lowest BCUT2D eigenvalue weighted by molar-refractivity contribution is -0.170. The van der Waals surface area contributed by atoms with Crippen molar-refractivity contribution in [1.82, 2.24) is 0 Å². The van der Waals surface area contributed by atoms with Crippen molar-refractivity contribution >= 4 is 14.3 Å². The molecule has 0 radical (unpaired) electrons. The first kappa shape index (κ1) is 23.0. The van der Waals surface area contributed by atoms with Crippen LogP contribution in [0.25, 0.3) is 0 Å². The van der Waals surface area contributed by atoms with E-state index in [1.807, 2.05) is 13.0 Å². The van der Waals surface area contributed by atoms with Gasteiger partial charge in [-0.3, -0.25) is 4.79 Å². The Hall–Kier alpha value is -1.03. The molecule has 4 heteroatoms. The Kier molecular flexibility index (Phi) is 7.00. The van der Waals surface area contributed by atoms with Crippen molar-refractivity contribution in [2.75, 3.05) is 6.61 Å². The molecule has 0 aromatic heterocycles. The quantitative estimate of drug-likeness (QED) is 0.288. The van der Waals surface area contributed by atoms with E-state index in [2.05, 4.69) is 67.3 Å². The van der Waals surface area contributed by atoms with Crippen molar-refractivity contribution in [3.05, 3.63) is 24.5 Å². The molecule has 3 nitrogen and oxygen atoms in total. The van der Waals surface area contributed by atoms with Gasteiger partial charge in [-0.1, -0.05) is 47.6 Å². The molecule has 0 aromatic carbocycles. The molecular weight excluding hydrogens is 340 g/mol. The molecular formula is C22H40O3Si. The van der Waals surface area contributed by atoms with Gasteiger partial charge in [-0.05, 0) is 55.3 Å². The van der Waals surface area contributed by atoms with Crippen LogP contribution < -0.4 is 0 Å². The maximum absolute atomic E-state index is 13.1. The molecule has 0 aliphatic heterocycles. The van der Waals surface area contributed by atoms with Gasteiger partial charge in [0.2, 0.25) is 8.32 Å². The van der Waals surface area contributed by atoms with Crippen molar-refractivity contribution in [3.8, 4) is 0 Å². The van der Waals surface area contributed by atoms with Gasteiger partial charge >= 0.3 is 5.97 Å². The van der Waals surface area contributed by atoms with E-state index in [9.17, 15) is 4.79 Å². The summed E-state index contributed by atoms with van der Waals surface area (Å²) in [6.07, 6.45) is 6.41. The van der Waals surface area contributed by atoms with E-state index in [1.165, 1.54) is 0 Å². The van der Waals surface area contributed by atoms with Crippen LogP contribution in [0.2, 0.25) is 18.1 Å². The van der Waals surface area contributed by atoms with Crippen molar-refractivity contribution in [1.29, 1.82) is 0 Å². The second-order valence-electron chi connectivity index (χ2n) is 9.86. The molecule has 2 atom stereocenters. The van der Waals surface area contributed by atoms with E-state index in [-0.39, 0.29) is 22.3 Å². The van der Waals surface area contributed by atoms with Crippen molar-refractivity contribution in [2.45, 2.75) is 85.9 Å². The summed E-state index contributed by atoms with van der Waals surface area (Å²) in [5.74, 6) is 1.03. The number of hydrogen-bond acceptors (Lipinski definition) is 3.